The number of hydrogen-bond acceptors (Lipinski definition) is 4. The van der Waals surface area contributed by atoms with Gasteiger partial charge in [0.1, 0.15) is 4.90 Å². The molecule has 1 aromatic heterocycles. The molecule has 1 saturated heterocycles. The minimum atomic E-state index is -3.51. The lowest BCUT2D eigenvalue weighted by atomic mass is 9.98. The van der Waals surface area contributed by atoms with Crippen LogP contribution in [-0.4, -0.2) is 49.7 Å². The van der Waals surface area contributed by atoms with E-state index in [1.807, 2.05) is 6.07 Å². The minimum absolute atomic E-state index is 0.286. The van der Waals surface area contributed by atoms with Crippen molar-refractivity contribution in [3.05, 3.63) is 47.3 Å². The molecule has 0 spiro atoms. The van der Waals surface area contributed by atoms with Crippen molar-refractivity contribution in [3.63, 3.8) is 0 Å². The number of benzene rings is 1. The van der Waals surface area contributed by atoms with Gasteiger partial charge in [0.05, 0.1) is 11.4 Å². The Kier molecular flexibility index (Phi) is 6.11. The van der Waals surface area contributed by atoms with E-state index in [0.29, 0.717) is 23.9 Å². The van der Waals surface area contributed by atoms with E-state index in [1.54, 1.807) is 13.8 Å². The van der Waals surface area contributed by atoms with Gasteiger partial charge in [-0.1, -0.05) is 30.3 Å². The predicted molar refractivity (Wildman–Crippen MR) is 103 cm³/mol. The molecule has 0 amide bonds. The van der Waals surface area contributed by atoms with Crippen LogP contribution in [0.2, 0.25) is 0 Å². The molecule has 1 fully saturated rings. The largest absolute Gasteiger partial charge is 0.303 e. The lowest BCUT2D eigenvalue weighted by molar-refractivity contribution is 0.178. The summed E-state index contributed by atoms with van der Waals surface area (Å²) in [6.07, 6.45) is 3.21. The molecule has 0 radical (unpaired) electrons. The van der Waals surface area contributed by atoms with E-state index in [2.05, 4.69) is 44.1 Å². The number of aromatic amines is 1. The maximum atomic E-state index is 12.6. The average Bonchev–Trinajstić information content (AvgIpc) is 2.99. The van der Waals surface area contributed by atoms with Gasteiger partial charge in [0, 0.05) is 19.6 Å². The highest BCUT2D eigenvalue weighted by molar-refractivity contribution is 7.89. The van der Waals surface area contributed by atoms with Crippen LogP contribution in [0.25, 0.3) is 0 Å². The number of rotatable bonds is 7. The normalized spacial score (nSPS) is 18.9. The number of likely N-dealkylation sites (tertiary alicyclic amines) is 1. The highest BCUT2D eigenvalue weighted by Crippen LogP contribution is 2.19. The monoisotopic (exact) mass is 376 g/mol. The van der Waals surface area contributed by atoms with E-state index < -0.39 is 10.0 Å². The van der Waals surface area contributed by atoms with E-state index in [4.69, 9.17) is 0 Å². The fourth-order valence-corrected chi connectivity index (χ4v) is 5.17. The molecular formula is C19H28N4O2S. The van der Waals surface area contributed by atoms with Crippen LogP contribution in [0.3, 0.4) is 0 Å². The van der Waals surface area contributed by atoms with E-state index >= 15 is 0 Å². The summed E-state index contributed by atoms with van der Waals surface area (Å²) >= 11 is 0. The van der Waals surface area contributed by atoms with Crippen LogP contribution in [0.15, 0.2) is 35.2 Å². The topological polar surface area (TPSA) is 78.1 Å². The number of piperidine rings is 1. The molecule has 0 saturated carbocycles. The lowest BCUT2D eigenvalue weighted by Crippen LogP contribution is -2.41. The van der Waals surface area contributed by atoms with E-state index in [9.17, 15) is 8.42 Å². The van der Waals surface area contributed by atoms with Gasteiger partial charge in [0.2, 0.25) is 10.0 Å². The molecular weight excluding hydrogens is 348 g/mol. The van der Waals surface area contributed by atoms with Crippen molar-refractivity contribution >= 4 is 10.0 Å². The Morgan fingerprint density at radius 1 is 1.27 bits per heavy atom. The molecule has 6 nitrogen and oxygen atoms in total. The Bertz CT molecular complexity index is 798. The van der Waals surface area contributed by atoms with Gasteiger partial charge in [0.15, 0.2) is 0 Å². The summed E-state index contributed by atoms with van der Waals surface area (Å²) < 4.78 is 28.0. The van der Waals surface area contributed by atoms with Gasteiger partial charge in [-0.05, 0) is 51.1 Å². The minimum Gasteiger partial charge on any atom is -0.303 e. The van der Waals surface area contributed by atoms with Crippen LogP contribution in [0, 0.1) is 19.8 Å². The van der Waals surface area contributed by atoms with E-state index in [-0.39, 0.29) is 4.90 Å². The molecule has 2 N–H and O–H groups in total. The van der Waals surface area contributed by atoms with Crippen LogP contribution in [0.4, 0.5) is 0 Å². The Labute approximate surface area is 156 Å². The molecule has 2 heterocycles. The number of nitrogens with one attached hydrogen (secondary N) is 2. The number of nitrogens with zero attached hydrogens (tertiary/aromatic N) is 2. The molecule has 7 heteroatoms. The molecule has 1 atom stereocenters. The van der Waals surface area contributed by atoms with Gasteiger partial charge >= 0.3 is 0 Å². The van der Waals surface area contributed by atoms with Crippen LogP contribution < -0.4 is 4.72 Å². The first-order valence-corrected chi connectivity index (χ1v) is 10.7. The fourth-order valence-electron chi connectivity index (χ4n) is 3.69. The number of sulfonamides is 1. The second-order valence-electron chi connectivity index (χ2n) is 7.16. The molecule has 26 heavy (non-hydrogen) atoms. The first-order valence-electron chi connectivity index (χ1n) is 9.23. The van der Waals surface area contributed by atoms with Gasteiger partial charge in [-0.2, -0.15) is 5.10 Å². The third-order valence-electron chi connectivity index (χ3n) is 5.05. The van der Waals surface area contributed by atoms with Crippen molar-refractivity contribution in [1.29, 1.82) is 0 Å². The SMILES string of the molecule is Cc1n[nH]c(C)c1S(=O)(=O)NCC1CCCN(CCc2ccccc2)C1. The maximum absolute atomic E-state index is 12.6. The number of aromatic nitrogens is 2. The maximum Gasteiger partial charge on any atom is 0.244 e. The molecule has 1 aliphatic heterocycles. The van der Waals surface area contributed by atoms with Gasteiger partial charge in [-0.15, -0.1) is 0 Å². The quantitative estimate of drug-likeness (QED) is 0.777. The highest BCUT2D eigenvalue weighted by Gasteiger charge is 2.25. The van der Waals surface area contributed by atoms with Crippen LogP contribution in [0.1, 0.15) is 29.8 Å². The third kappa shape index (κ3) is 4.72. The van der Waals surface area contributed by atoms with Crippen molar-refractivity contribution in [2.75, 3.05) is 26.2 Å². The summed E-state index contributed by atoms with van der Waals surface area (Å²) in [6.45, 7) is 6.99. The van der Waals surface area contributed by atoms with Crippen molar-refractivity contribution in [2.24, 2.45) is 5.92 Å². The Morgan fingerprint density at radius 3 is 2.73 bits per heavy atom. The zero-order valence-corrected chi connectivity index (χ0v) is 16.3. The average molecular weight is 377 g/mol. The van der Waals surface area contributed by atoms with Gasteiger partial charge in [-0.25, -0.2) is 13.1 Å². The first kappa shape index (κ1) is 19.1. The molecule has 1 aromatic carbocycles. The van der Waals surface area contributed by atoms with Crippen molar-refractivity contribution in [2.45, 2.75) is 38.0 Å². The number of aryl methyl sites for hydroxylation is 2. The molecule has 0 bridgehead atoms. The third-order valence-corrected chi connectivity index (χ3v) is 6.74. The standard InChI is InChI=1S/C19H28N4O2S/c1-15-19(16(2)22-21-15)26(24,25)20-13-18-9-6-11-23(14-18)12-10-17-7-4-3-5-8-17/h3-5,7-8,18,20H,6,9-14H2,1-2H3,(H,21,22). The van der Waals surface area contributed by atoms with E-state index in [1.165, 1.54) is 5.56 Å². The zero-order valence-electron chi connectivity index (χ0n) is 15.5. The van der Waals surface area contributed by atoms with Crippen LogP contribution in [-0.2, 0) is 16.4 Å². The summed E-state index contributed by atoms with van der Waals surface area (Å²) in [5.74, 6) is 0.349. The van der Waals surface area contributed by atoms with E-state index in [0.717, 1.165) is 38.9 Å². The summed E-state index contributed by atoms with van der Waals surface area (Å²) in [6, 6.07) is 10.5. The smallest absolute Gasteiger partial charge is 0.244 e. The summed E-state index contributed by atoms with van der Waals surface area (Å²) in [5, 5.41) is 6.73. The van der Waals surface area contributed by atoms with Crippen LogP contribution >= 0.6 is 0 Å². The lowest BCUT2D eigenvalue weighted by Gasteiger charge is -2.32. The Balaban J connectivity index is 1.52. The Hall–Kier alpha value is -1.70. The molecule has 1 aliphatic rings. The molecule has 1 unspecified atom stereocenters. The molecule has 0 aliphatic carbocycles. The summed E-state index contributed by atoms with van der Waals surface area (Å²) in [5.41, 5.74) is 2.45. The van der Waals surface area contributed by atoms with Crippen LogP contribution in [0.5, 0.6) is 0 Å². The summed E-state index contributed by atoms with van der Waals surface area (Å²) in [4.78, 5) is 2.73. The van der Waals surface area contributed by atoms with Crippen molar-refractivity contribution < 1.29 is 8.42 Å². The zero-order chi connectivity index (χ0) is 18.6. The summed E-state index contributed by atoms with van der Waals surface area (Å²) in [7, 11) is -3.51. The predicted octanol–water partition coefficient (Wildman–Crippen LogP) is 2.26. The Morgan fingerprint density at radius 2 is 2.04 bits per heavy atom. The molecule has 2 aromatic rings. The molecule has 3 rings (SSSR count). The van der Waals surface area contributed by atoms with Crippen molar-refractivity contribution in [3.8, 4) is 0 Å². The molecule has 142 valence electrons. The fraction of sp³-hybridized carbons (Fsp3) is 0.526. The van der Waals surface area contributed by atoms with Crippen molar-refractivity contribution in [1.82, 2.24) is 19.8 Å². The van der Waals surface area contributed by atoms with Gasteiger partial charge in [0.25, 0.3) is 0 Å². The van der Waals surface area contributed by atoms with Gasteiger partial charge in [-0.3, -0.25) is 5.10 Å². The number of hydrogen-bond donors (Lipinski definition) is 2. The number of H-pyrrole nitrogens is 1. The second-order valence-corrected chi connectivity index (χ2v) is 8.86. The first-order chi connectivity index (χ1) is 12.5. The van der Waals surface area contributed by atoms with Gasteiger partial charge < -0.3 is 4.90 Å². The second kappa shape index (κ2) is 8.33. The highest BCUT2D eigenvalue weighted by atomic mass is 32.2.